The first-order valence-corrected chi connectivity index (χ1v) is 10.5. The fraction of sp³-hybridized carbons (Fsp3) is 0.333. The summed E-state index contributed by atoms with van der Waals surface area (Å²) in [6.07, 6.45) is 0. The molecule has 5 rings (SSSR count). The molecule has 0 amide bonds. The summed E-state index contributed by atoms with van der Waals surface area (Å²) in [5.41, 5.74) is 3.58. The molecule has 4 heterocycles. The van der Waals surface area contributed by atoms with Crippen molar-refractivity contribution in [1.82, 2.24) is 18.9 Å². The van der Waals surface area contributed by atoms with E-state index in [1.165, 1.54) is 11.3 Å². The lowest BCUT2D eigenvalue weighted by Crippen LogP contribution is -2.38. The first kappa shape index (κ1) is 17.6. The zero-order valence-corrected chi connectivity index (χ0v) is 16.6. The molecule has 0 saturated carbocycles. The van der Waals surface area contributed by atoms with E-state index < -0.39 is 0 Å². The molecule has 4 aromatic rings. The van der Waals surface area contributed by atoms with Crippen LogP contribution in [0.4, 0.5) is 0 Å². The van der Waals surface area contributed by atoms with Crippen LogP contribution in [0, 0.1) is 6.92 Å². The van der Waals surface area contributed by atoms with E-state index in [4.69, 9.17) is 9.72 Å². The van der Waals surface area contributed by atoms with Gasteiger partial charge in [-0.25, -0.2) is 4.98 Å². The Hall–Kier alpha value is -2.48. The molecule has 1 aliphatic heterocycles. The molecule has 1 aromatic carbocycles. The highest BCUT2D eigenvalue weighted by Gasteiger charge is 2.24. The quantitative estimate of drug-likeness (QED) is 0.488. The molecule has 1 aliphatic rings. The molecule has 144 valence electrons. The maximum Gasteiger partial charge on any atom is 0.221 e. The van der Waals surface area contributed by atoms with Crippen LogP contribution in [-0.4, -0.2) is 57.5 Å². The molecule has 0 bridgehead atoms. The van der Waals surface area contributed by atoms with Gasteiger partial charge in [0, 0.05) is 26.2 Å². The van der Waals surface area contributed by atoms with Gasteiger partial charge in [-0.05, 0) is 30.5 Å². The molecule has 0 N–H and O–H groups in total. The number of imidazole rings is 2. The van der Waals surface area contributed by atoms with Crippen molar-refractivity contribution in [3.8, 4) is 0 Å². The Morgan fingerprint density at radius 1 is 1.11 bits per heavy atom. The summed E-state index contributed by atoms with van der Waals surface area (Å²) in [6, 6.07) is 12.0. The predicted octanol–water partition coefficient (Wildman–Crippen LogP) is 3.22. The van der Waals surface area contributed by atoms with Gasteiger partial charge in [0.05, 0.1) is 34.8 Å². The minimum Gasteiger partial charge on any atom is -0.379 e. The summed E-state index contributed by atoms with van der Waals surface area (Å²) in [5.74, 6) is 0.878. The standard InChI is InChI=1S/C21H22N4O2S/c1-15-19(20(26)18-7-4-14-28-18)25-17-6-3-2-5-16(17)24(21(25)22-15)9-8-23-10-12-27-13-11-23/h2-7,14H,8-13H2,1H3. The number of nitrogens with zero attached hydrogens (tertiary/aromatic N) is 4. The molecule has 1 fully saturated rings. The van der Waals surface area contributed by atoms with Crippen molar-refractivity contribution < 1.29 is 9.53 Å². The lowest BCUT2D eigenvalue weighted by molar-refractivity contribution is 0.0366. The predicted molar refractivity (Wildman–Crippen MR) is 110 cm³/mol. The highest BCUT2D eigenvalue weighted by molar-refractivity contribution is 7.12. The number of carbonyl (C=O) groups is 1. The Kier molecular flexibility index (Phi) is 4.50. The number of fused-ring (bicyclic) bond motifs is 3. The highest BCUT2D eigenvalue weighted by atomic mass is 32.1. The van der Waals surface area contributed by atoms with E-state index in [-0.39, 0.29) is 5.78 Å². The van der Waals surface area contributed by atoms with Crippen LogP contribution in [-0.2, 0) is 11.3 Å². The normalized spacial score (nSPS) is 15.6. The molecule has 7 heteroatoms. The minimum absolute atomic E-state index is 0.0380. The average Bonchev–Trinajstić information content (AvgIpc) is 3.43. The van der Waals surface area contributed by atoms with Crippen LogP contribution < -0.4 is 0 Å². The fourth-order valence-corrected chi connectivity index (χ4v) is 4.65. The Bertz CT molecular complexity index is 1140. The van der Waals surface area contributed by atoms with E-state index in [1.54, 1.807) is 0 Å². The third kappa shape index (κ3) is 2.87. The smallest absolute Gasteiger partial charge is 0.221 e. The maximum absolute atomic E-state index is 13.2. The van der Waals surface area contributed by atoms with Gasteiger partial charge in [0.2, 0.25) is 11.6 Å². The number of aromatic nitrogens is 3. The number of ketones is 1. The summed E-state index contributed by atoms with van der Waals surface area (Å²) in [7, 11) is 0. The Labute approximate surface area is 167 Å². The van der Waals surface area contributed by atoms with Crippen LogP contribution in [0.3, 0.4) is 0 Å². The number of para-hydroxylation sites is 2. The van der Waals surface area contributed by atoms with Gasteiger partial charge >= 0.3 is 0 Å². The molecule has 1 saturated heterocycles. The van der Waals surface area contributed by atoms with Gasteiger partial charge in [-0.1, -0.05) is 18.2 Å². The number of carbonyl (C=O) groups excluding carboxylic acids is 1. The molecular weight excluding hydrogens is 372 g/mol. The largest absolute Gasteiger partial charge is 0.379 e. The Morgan fingerprint density at radius 3 is 2.64 bits per heavy atom. The molecule has 3 aromatic heterocycles. The van der Waals surface area contributed by atoms with Gasteiger partial charge in [0.1, 0.15) is 5.69 Å². The van der Waals surface area contributed by atoms with Crippen molar-refractivity contribution in [2.75, 3.05) is 32.8 Å². The second kappa shape index (κ2) is 7.16. The fourth-order valence-electron chi connectivity index (χ4n) is 3.99. The van der Waals surface area contributed by atoms with E-state index in [9.17, 15) is 4.79 Å². The van der Waals surface area contributed by atoms with Crippen molar-refractivity contribution >= 4 is 33.9 Å². The van der Waals surface area contributed by atoms with E-state index >= 15 is 0 Å². The number of rotatable bonds is 5. The van der Waals surface area contributed by atoms with Crippen molar-refractivity contribution in [2.24, 2.45) is 0 Å². The summed E-state index contributed by atoms with van der Waals surface area (Å²) in [4.78, 5) is 21.2. The number of aryl methyl sites for hydroxylation is 1. The van der Waals surface area contributed by atoms with E-state index in [0.29, 0.717) is 5.69 Å². The molecule has 0 radical (unpaired) electrons. The van der Waals surface area contributed by atoms with Crippen LogP contribution in [0.2, 0.25) is 0 Å². The van der Waals surface area contributed by atoms with Crippen molar-refractivity contribution in [1.29, 1.82) is 0 Å². The number of hydrogen-bond donors (Lipinski definition) is 0. The minimum atomic E-state index is 0.0380. The van der Waals surface area contributed by atoms with Gasteiger partial charge in [0.15, 0.2) is 0 Å². The third-order valence-electron chi connectivity index (χ3n) is 5.39. The topological polar surface area (TPSA) is 51.8 Å². The van der Waals surface area contributed by atoms with Crippen LogP contribution in [0.25, 0.3) is 16.8 Å². The average molecular weight is 395 g/mol. The first-order chi connectivity index (χ1) is 13.7. The summed E-state index contributed by atoms with van der Waals surface area (Å²) in [6.45, 7) is 7.22. The molecule has 0 aliphatic carbocycles. The number of ether oxygens (including phenoxy) is 1. The summed E-state index contributed by atoms with van der Waals surface area (Å²) < 4.78 is 9.73. The number of hydrogen-bond acceptors (Lipinski definition) is 5. The monoisotopic (exact) mass is 394 g/mol. The lowest BCUT2D eigenvalue weighted by Gasteiger charge is -2.26. The zero-order chi connectivity index (χ0) is 19.1. The third-order valence-corrected chi connectivity index (χ3v) is 6.26. The number of morpholine rings is 1. The summed E-state index contributed by atoms with van der Waals surface area (Å²) in [5, 5.41) is 1.94. The Morgan fingerprint density at radius 2 is 1.89 bits per heavy atom. The van der Waals surface area contributed by atoms with Gasteiger partial charge < -0.3 is 9.30 Å². The van der Waals surface area contributed by atoms with Crippen LogP contribution >= 0.6 is 11.3 Å². The number of thiophene rings is 1. The molecule has 28 heavy (non-hydrogen) atoms. The molecule has 0 unspecified atom stereocenters. The maximum atomic E-state index is 13.2. The van der Waals surface area contributed by atoms with Gasteiger partial charge in [-0.2, -0.15) is 0 Å². The zero-order valence-electron chi connectivity index (χ0n) is 15.8. The molecule has 6 nitrogen and oxygen atoms in total. The first-order valence-electron chi connectivity index (χ1n) is 9.58. The lowest BCUT2D eigenvalue weighted by atomic mass is 10.2. The van der Waals surface area contributed by atoms with Gasteiger partial charge in [-0.3, -0.25) is 14.1 Å². The highest BCUT2D eigenvalue weighted by Crippen LogP contribution is 2.27. The molecular formula is C21H22N4O2S. The van der Waals surface area contributed by atoms with Crippen LogP contribution in [0.5, 0.6) is 0 Å². The SMILES string of the molecule is Cc1nc2n(CCN3CCOCC3)c3ccccc3n2c1C(=O)c1cccs1. The van der Waals surface area contributed by atoms with Gasteiger partial charge in [-0.15, -0.1) is 11.3 Å². The van der Waals surface area contributed by atoms with Crippen LogP contribution in [0.1, 0.15) is 21.1 Å². The Balaban J connectivity index is 1.62. The van der Waals surface area contributed by atoms with Crippen LogP contribution in [0.15, 0.2) is 41.8 Å². The molecule has 0 spiro atoms. The van der Waals surface area contributed by atoms with E-state index in [0.717, 1.165) is 66.8 Å². The number of benzene rings is 1. The van der Waals surface area contributed by atoms with Gasteiger partial charge in [0.25, 0.3) is 0 Å². The molecule has 0 atom stereocenters. The van der Waals surface area contributed by atoms with Crippen molar-refractivity contribution in [3.05, 3.63) is 58.0 Å². The van der Waals surface area contributed by atoms with E-state index in [1.807, 2.05) is 41.0 Å². The summed E-state index contributed by atoms with van der Waals surface area (Å²) >= 11 is 1.47. The van der Waals surface area contributed by atoms with Crippen molar-refractivity contribution in [3.63, 3.8) is 0 Å². The van der Waals surface area contributed by atoms with Crippen molar-refractivity contribution in [2.45, 2.75) is 13.5 Å². The second-order valence-corrected chi connectivity index (χ2v) is 8.03. The second-order valence-electron chi connectivity index (χ2n) is 7.08. The van der Waals surface area contributed by atoms with E-state index in [2.05, 4.69) is 21.6 Å².